The van der Waals surface area contributed by atoms with Crippen LogP contribution in [0, 0.1) is 18.8 Å². The molecule has 88 valence electrons. The number of pyridine rings is 1. The molecule has 3 nitrogen and oxygen atoms in total. The number of nitrogens with two attached hydrogens (primary N) is 1. The van der Waals surface area contributed by atoms with Gasteiger partial charge < -0.3 is 5.73 Å². The van der Waals surface area contributed by atoms with E-state index in [-0.39, 0.29) is 0 Å². The first-order chi connectivity index (χ1) is 8.65. The first-order valence-corrected chi connectivity index (χ1v) is 5.49. The molecule has 0 bridgehead atoms. The Morgan fingerprint density at radius 1 is 1.17 bits per heavy atom. The summed E-state index contributed by atoms with van der Waals surface area (Å²) in [4.78, 5) is 14.9. The average Bonchev–Trinajstić information content (AvgIpc) is 2.37. The van der Waals surface area contributed by atoms with Crippen LogP contribution < -0.4 is 5.73 Å². The standard InChI is InChI=1S/C15H12N2O/c1-11-3-2-4-12(7-11)5-6-13-8-14(15(16)18)10-17-9-13/h2-4,7-10H,1H3,(H2,16,18). The summed E-state index contributed by atoms with van der Waals surface area (Å²) in [5.41, 5.74) is 8.31. The van der Waals surface area contributed by atoms with Gasteiger partial charge in [0.15, 0.2) is 0 Å². The van der Waals surface area contributed by atoms with Crippen molar-refractivity contribution in [3.8, 4) is 11.8 Å². The van der Waals surface area contributed by atoms with E-state index in [1.165, 1.54) is 6.20 Å². The third-order valence-electron chi connectivity index (χ3n) is 2.39. The topological polar surface area (TPSA) is 56.0 Å². The van der Waals surface area contributed by atoms with Crippen molar-refractivity contribution < 1.29 is 4.79 Å². The van der Waals surface area contributed by atoms with Gasteiger partial charge in [-0.15, -0.1) is 0 Å². The molecule has 2 rings (SSSR count). The number of carbonyl (C=O) groups excluding carboxylic acids is 1. The molecule has 0 atom stereocenters. The van der Waals surface area contributed by atoms with E-state index in [4.69, 9.17) is 5.73 Å². The van der Waals surface area contributed by atoms with E-state index < -0.39 is 5.91 Å². The summed E-state index contributed by atoms with van der Waals surface area (Å²) < 4.78 is 0. The summed E-state index contributed by atoms with van der Waals surface area (Å²) in [5.74, 6) is 5.49. The molecule has 3 heteroatoms. The molecule has 1 aromatic heterocycles. The maximum Gasteiger partial charge on any atom is 0.250 e. The van der Waals surface area contributed by atoms with E-state index in [0.29, 0.717) is 11.1 Å². The predicted octanol–water partition coefficient (Wildman–Crippen LogP) is 1.89. The van der Waals surface area contributed by atoms with Crippen LogP contribution in [-0.4, -0.2) is 10.9 Å². The van der Waals surface area contributed by atoms with E-state index in [2.05, 4.69) is 16.8 Å². The summed E-state index contributed by atoms with van der Waals surface area (Å²) in [6.45, 7) is 2.01. The van der Waals surface area contributed by atoms with Crippen LogP contribution in [0.5, 0.6) is 0 Å². The second-order valence-corrected chi connectivity index (χ2v) is 3.95. The molecule has 0 aliphatic rings. The molecular formula is C15H12N2O. The number of hydrogen-bond acceptors (Lipinski definition) is 2. The minimum Gasteiger partial charge on any atom is -0.366 e. The smallest absolute Gasteiger partial charge is 0.250 e. The Hall–Kier alpha value is -2.60. The van der Waals surface area contributed by atoms with Gasteiger partial charge in [0.1, 0.15) is 0 Å². The van der Waals surface area contributed by atoms with E-state index in [0.717, 1.165) is 11.1 Å². The van der Waals surface area contributed by atoms with Gasteiger partial charge in [0, 0.05) is 23.5 Å². The van der Waals surface area contributed by atoms with Gasteiger partial charge in [-0.05, 0) is 30.7 Å². The van der Waals surface area contributed by atoms with Gasteiger partial charge in [-0.1, -0.05) is 24.0 Å². The van der Waals surface area contributed by atoms with Gasteiger partial charge in [-0.25, -0.2) is 0 Å². The van der Waals surface area contributed by atoms with Crippen molar-refractivity contribution >= 4 is 5.91 Å². The van der Waals surface area contributed by atoms with Crippen LogP contribution in [0.1, 0.15) is 27.0 Å². The second kappa shape index (κ2) is 5.15. The van der Waals surface area contributed by atoms with Crippen molar-refractivity contribution in [2.75, 3.05) is 0 Å². The Bertz CT molecular complexity index is 651. The summed E-state index contributed by atoms with van der Waals surface area (Å²) >= 11 is 0. The molecule has 0 fully saturated rings. The lowest BCUT2D eigenvalue weighted by atomic mass is 10.1. The fourth-order valence-electron chi connectivity index (χ4n) is 1.51. The zero-order valence-electron chi connectivity index (χ0n) is 9.97. The highest BCUT2D eigenvalue weighted by Gasteiger charge is 2.00. The summed E-state index contributed by atoms with van der Waals surface area (Å²) in [6.07, 6.45) is 3.04. The molecule has 2 N–H and O–H groups in total. The normalized spacial score (nSPS) is 9.39. The summed E-state index contributed by atoms with van der Waals surface area (Å²) in [7, 11) is 0. The Balaban J connectivity index is 2.30. The Labute approximate surface area is 106 Å². The highest BCUT2D eigenvalue weighted by atomic mass is 16.1. The van der Waals surface area contributed by atoms with Gasteiger partial charge in [0.2, 0.25) is 5.91 Å². The fourth-order valence-corrected chi connectivity index (χ4v) is 1.51. The number of benzene rings is 1. The Kier molecular flexibility index (Phi) is 3.40. The fraction of sp³-hybridized carbons (Fsp3) is 0.0667. The van der Waals surface area contributed by atoms with Gasteiger partial charge in [-0.3, -0.25) is 9.78 Å². The Morgan fingerprint density at radius 3 is 2.67 bits per heavy atom. The summed E-state index contributed by atoms with van der Waals surface area (Å²) in [5, 5.41) is 0. The maximum absolute atomic E-state index is 11.0. The van der Waals surface area contributed by atoms with E-state index in [9.17, 15) is 4.79 Å². The molecule has 2 aromatic rings. The first kappa shape index (κ1) is 11.9. The van der Waals surface area contributed by atoms with Crippen LogP contribution >= 0.6 is 0 Å². The molecule has 0 saturated heterocycles. The number of rotatable bonds is 1. The quantitative estimate of drug-likeness (QED) is 0.769. The minimum absolute atomic E-state index is 0.367. The predicted molar refractivity (Wildman–Crippen MR) is 69.9 cm³/mol. The molecule has 0 radical (unpaired) electrons. The van der Waals surface area contributed by atoms with Crippen molar-refractivity contribution in [1.82, 2.24) is 4.98 Å². The van der Waals surface area contributed by atoms with Gasteiger partial charge in [-0.2, -0.15) is 0 Å². The third kappa shape index (κ3) is 2.96. The number of nitrogens with zero attached hydrogens (tertiary/aromatic N) is 1. The van der Waals surface area contributed by atoms with Crippen LogP contribution in [-0.2, 0) is 0 Å². The number of aromatic nitrogens is 1. The molecule has 18 heavy (non-hydrogen) atoms. The highest BCUT2D eigenvalue weighted by molar-refractivity contribution is 5.92. The van der Waals surface area contributed by atoms with Crippen LogP contribution in [0.15, 0.2) is 42.7 Å². The molecule has 0 unspecified atom stereocenters. The maximum atomic E-state index is 11.0. The molecule has 0 aliphatic heterocycles. The van der Waals surface area contributed by atoms with Crippen molar-refractivity contribution in [3.05, 3.63) is 65.0 Å². The summed E-state index contributed by atoms with van der Waals surface area (Å²) in [6, 6.07) is 9.54. The molecule has 0 aliphatic carbocycles. The van der Waals surface area contributed by atoms with Gasteiger partial charge in [0.25, 0.3) is 0 Å². The third-order valence-corrected chi connectivity index (χ3v) is 2.39. The van der Waals surface area contributed by atoms with Crippen molar-refractivity contribution in [2.45, 2.75) is 6.92 Å². The lowest BCUT2D eigenvalue weighted by molar-refractivity contribution is 0.1000. The lowest BCUT2D eigenvalue weighted by Crippen LogP contribution is -2.11. The monoisotopic (exact) mass is 236 g/mol. The van der Waals surface area contributed by atoms with Crippen LogP contribution in [0.2, 0.25) is 0 Å². The first-order valence-electron chi connectivity index (χ1n) is 5.49. The molecule has 1 aromatic carbocycles. The molecular weight excluding hydrogens is 224 g/mol. The number of amides is 1. The van der Waals surface area contributed by atoms with Crippen molar-refractivity contribution in [3.63, 3.8) is 0 Å². The average molecular weight is 236 g/mol. The van der Waals surface area contributed by atoms with Gasteiger partial charge in [0.05, 0.1) is 5.56 Å². The highest BCUT2D eigenvalue weighted by Crippen LogP contribution is 2.04. The largest absolute Gasteiger partial charge is 0.366 e. The van der Waals surface area contributed by atoms with Gasteiger partial charge >= 0.3 is 0 Å². The van der Waals surface area contributed by atoms with Crippen molar-refractivity contribution in [2.24, 2.45) is 5.73 Å². The number of primary amides is 1. The molecule has 0 saturated carbocycles. The van der Waals surface area contributed by atoms with E-state index in [1.807, 2.05) is 31.2 Å². The molecule has 1 heterocycles. The lowest BCUT2D eigenvalue weighted by Gasteiger charge is -1.95. The van der Waals surface area contributed by atoms with Crippen molar-refractivity contribution in [1.29, 1.82) is 0 Å². The van der Waals surface area contributed by atoms with Crippen LogP contribution in [0.25, 0.3) is 0 Å². The zero-order chi connectivity index (χ0) is 13.0. The van der Waals surface area contributed by atoms with Crippen LogP contribution in [0.4, 0.5) is 0 Å². The number of hydrogen-bond donors (Lipinski definition) is 1. The Morgan fingerprint density at radius 2 is 1.94 bits per heavy atom. The second-order valence-electron chi connectivity index (χ2n) is 3.95. The number of carbonyl (C=O) groups is 1. The molecule has 1 amide bonds. The van der Waals surface area contributed by atoms with Crippen LogP contribution in [0.3, 0.4) is 0 Å². The van der Waals surface area contributed by atoms with E-state index >= 15 is 0 Å². The number of aryl methyl sites for hydroxylation is 1. The minimum atomic E-state index is -0.498. The van der Waals surface area contributed by atoms with E-state index in [1.54, 1.807) is 12.3 Å². The SMILES string of the molecule is Cc1cccc(C#Cc2cncc(C(N)=O)c2)c1. The zero-order valence-corrected chi connectivity index (χ0v) is 9.97. The molecule has 0 spiro atoms.